The van der Waals surface area contributed by atoms with E-state index in [1.807, 2.05) is 18.5 Å². The summed E-state index contributed by atoms with van der Waals surface area (Å²) in [6.45, 7) is 0. The van der Waals surface area contributed by atoms with E-state index in [-0.39, 0.29) is 0 Å². The minimum absolute atomic E-state index is 0.713. The van der Waals surface area contributed by atoms with Crippen LogP contribution < -0.4 is 5.32 Å². The van der Waals surface area contributed by atoms with Crippen LogP contribution in [0.4, 0.5) is 0 Å². The molecule has 1 saturated carbocycles. The lowest BCUT2D eigenvalue weighted by Crippen LogP contribution is -2.21. The van der Waals surface area contributed by atoms with Crippen molar-refractivity contribution in [3.63, 3.8) is 0 Å². The Bertz CT molecular complexity index is 258. The first-order valence-corrected chi connectivity index (χ1v) is 4.97. The molecule has 2 atom stereocenters. The van der Waals surface area contributed by atoms with Gasteiger partial charge in [-0.1, -0.05) is 6.07 Å². The molecule has 0 radical (unpaired) electrons. The van der Waals surface area contributed by atoms with E-state index in [4.69, 9.17) is 0 Å². The molecule has 70 valence electrons. The molecule has 1 aromatic heterocycles. The molecule has 2 rings (SSSR count). The maximum absolute atomic E-state index is 4.16. The first-order valence-electron chi connectivity index (χ1n) is 4.97. The molecule has 0 saturated heterocycles. The lowest BCUT2D eigenvalue weighted by Gasteiger charge is -2.10. The molecular formula is C11H16N2. The van der Waals surface area contributed by atoms with Crippen LogP contribution in [0.3, 0.4) is 0 Å². The molecule has 1 aliphatic rings. The SMILES string of the molecule is CNC1CCC(c2cccnc2)C1. The lowest BCUT2D eigenvalue weighted by molar-refractivity contribution is 0.571. The largest absolute Gasteiger partial charge is 0.317 e. The third-order valence-corrected chi connectivity index (χ3v) is 3.00. The van der Waals surface area contributed by atoms with Crippen molar-refractivity contribution in [2.75, 3.05) is 7.05 Å². The molecule has 1 aliphatic carbocycles. The van der Waals surface area contributed by atoms with Crippen LogP contribution in [-0.2, 0) is 0 Å². The fourth-order valence-corrected chi connectivity index (χ4v) is 2.16. The lowest BCUT2D eigenvalue weighted by atomic mass is 9.99. The van der Waals surface area contributed by atoms with Gasteiger partial charge in [-0.05, 0) is 43.9 Å². The van der Waals surface area contributed by atoms with E-state index in [9.17, 15) is 0 Å². The zero-order valence-corrected chi connectivity index (χ0v) is 8.03. The van der Waals surface area contributed by atoms with Crippen LogP contribution in [0, 0.1) is 0 Å². The Morgan fingerprint density at radius 2 is 2.38 bits per heavy atom. The summed E-state index contributed by atoms with van der Waals surface area (Å²) in [5, 5.41) is 3.34. The first-order chi connectivity index (χ1) is 6.40. The highest BCUT2D eigenvalue weighted by molar-refractivity contribution is 5.16. The van der Waals surface area contributed by atoms with Crippen LogP contribution in [0.2, 0.25) is 0 Å². The number of hydrogen-bond acceptors (Lipinski definition) is 2. The highest BCUT2D eigenvalue weighted by Crippen LogP contribution is 2.33. The van der Waals surface area contributed by atoms with Gasteiger partial charge in [0, 0.05) is 18.4 Å². The van der Waals surface area contributed by atoms with E-state index in [1.165, 1.54) is 24.8 Å². The summed E-state index contributed by atoms with van der Waals surface area (Å²) < 4.78 is 0. The van der Waals surface area contributed by atoms with E-state index < -0.39 is 0 Å². The zero-order valence-electron chi connectivity index (χ0n) is 8.03. The van der Waals surface area contributed by atoms with Crippen molar-refractivity contribution in [2.24, 2.45) is 0 Å². The molecule has 2 unspecified atom stereocenters. The van der Waals surface area contributed by atoms with E-state index >= 15 is 0 Å². The van der Waals surface area contributed by atoms with Crippen molar-refractivity contribution < 1.29 is 0 Å². The number of nitrogens with zero attached hydrogens (tertiary/aromatic N) is 1. The van der Waals surface area contributed by atoms with Crippen molar-refractivity contribution in [1.82, 2.24) is 10.3 Å². The van der Waals surface area contributed by atoms with Gasteiger partial charge >= 0.3 is 0 Å². The number of pyridine rings is 1. The average molecular weight is 176 g/mol. The van der Waals surface area contributed by atoms with E-state index in [0.29, 0.717) is 6.04 Å². The molecule has 1 N–H and O–H groups in total. The summed E-state index contributed by atoms with van der Waals surface area (Å²) in [5.74, 6) is 0.728. The van der Waals surface area contributed by atoms with Gasteiger partial charge in [-0.2, -0.15) is 0 Å². The third-order valence-electron chi connectivity index (χ3n) is 3.00. The Balaban J connectivity index is 2.04. The van der Waals surface area contributed by atoms with Crippen molar-refractivity contribution in [1.29, 1.82) is 0 Å². The van der Waals surface area contributed by atoms with Crippen molar-refractivity contribution in [2.45, 2.75) is 31.2 Å². The molecular weight excluding hydrogens is 160 g/mol. The predicted molar refractivity (Wildman–Crippen MR) is 53.7 cm³/mol. The maximum Gasteiger partial charge on any atom is 0.0302 e. The van der Waals surface area contributed by atoms with Gasteiger partial charge in [0.05, 0.1) is 0 Å². The van der Waals surface area contributed by atoms with Gasteiger partial charge in [-0.25, -0.2) is 0 Å². The van der Waals surface area contributed by atoms with Gasteiger partial charge in [0.1, 0.15) is 0 Å². The van der Waals surface area contributed by atoms with Crippen LogP contribution in [0.25, 0.3) is 0 Å². The zero-order chi connectivity index (χ0) is 9.10. The molecule has 0 aromatic carbocycles. The minimum Gasteiger partial charge on any atom is -0.317 e. The van der Waals surface area contributed by atoms with Crippen LogP contribution in [0.5, 0.6) is 0 Å². The number of nitrogens with one attached hydrogen (secondary N) is 1. The topological polar surface area (TPSA) is 24.9 Å². The molecule has 13 heavy (non-hydrogen) atoms. The molecule has 1 heterocycles. The van der Waals surface area contributed by atoms with Crippen LogP contribution in [0.1, 0.15) is 30.7 Å². The molecule has 1 fully saturated rings. The van der Waals surface area contributed by atoms with Crippen LogP contribution in [0.15, 0.2) is 24.5 Å². The Kier molecular flexibility index (Phi) is 2.60. The van der Waals surface area contributed by atoms with Crippen LogP contribution in [-0.4, -0.2) is 18.1 Å². The van der Waals surface area contributed by atoms with Crippen molar-refractivity contribution >= 4 is 0 Å². The smallest absolute Gasteiger partial charge is 0.0302 e. The van der Waals surface area contributed by atoms with Crippen molar-refractivity contribution in [3.05, 3.63) is 30.1 Å². The minimum atomic E-state index is 0.713. The summed E-state index contributed by atoms with van der Waals surface area (Å²) in [4.78, 5) is 4.16. The molecule has 0 amide bonds. The van der Waals surface area contributed by atoms with Gasteiger partial charge in [0.25, 0.3) is 0 Å². The number of rotatable bonds is 2. The summed E-state index contributed by atoms with van der Waals surface area (Å²) in [6.07, 6.45) is 7.71. The van der Waals surface area contributed by atoms with E-state index in [0.717, 1.165) is 5.92 Å². The van der Waals surface area contributed by atoms with E-state index in [1.54, 1.807) is 0 Å². The first kappa shape index (κ1) is 8.70. The monoisotopic (exact) mass is 176 g/mol. The molecule has 0 bridgehead atoms. The Labute approximate surface area is 79.4 Å². The van der Waals surface area contributed by atoms with E-state index in [2.05, 4.69) is 23.4 Å². The summed E-state index contributed by atoms with van der Waals surface area (Å²) in [5.41, 5.74) is 1.40. The summed E-state index contributed by atoms with van der Waals surface area (Å²) >= 11 is 0. The summed E-state index contributed by atoms with van der Waals surface area (Å²) in [7, 11) is 2.05. The Morgan fingerprint density at radius 1 is 1.46 bits per heavy atom. The summed E-state index contributed by atoms with van der Waals surface area (Å²) in [6, 6.07) is 4.93. The van der Waals surface area contributed by atoms with Gasteiger partial charge in [0.15, 0.2) is 0 Å². The van der Waals surface area contributed by atoms with Gasteiger partial charge in [0.2, 0.25) is 0 Å². The molecule has 0 spiro atoms. The average Bonchev–Trinajstić information content (AvgIpc) is 2.67. The fraction of sp³-hybridized carbons (Fsp3) is 0.545. The quantitative estimate of drug-likeness (QED) is 0.745. The Hall–Kier alpha value is -0.890. The standard InChI is InChI=1S/C11H16N2/c1-12-11-5-4-9(7-11)10-3-2-6-13-8-10/h2-3,6,8-9,11-12H,4-5,7H2,1H3. The van der Waals surface area contributed by atoms with Gasteiger partial charge in [-0.3, -0.25) is 4.98 Å². The molecule has 0 aliphatic heterocycles. The van der Waals surface area contributed by atoms with Crippen molar-refractivity contribution in [3.8, 4) is 0 Å². The van der Waals surface area contributed by atoms with Crippen LogP contribution >= 0.6 is 0 Å². The highest BCUT2D eigenvalue weighted by Gasteiger charge is 2.24. The maximum atomic E-state index is 4.16. The number of hydrogen-bond donors (Lipinski definition) is 1. The normalized spacial score (nSPS) is 27.8. The number of aromatic nitrogens is 1. The predicted octanol–water partition coefficient (Wildman–Crippen LogP) is 1.94. The highest BCUT2D eigenvalue weighted by atomic mass is 14.9. The molecule has 2 heteroatoms. The second-order valence-corrected chi connectivity index (χ2v) is 3.78. The molecule has 1 aromatic rings. The van der Waals surface area contributed by atoms with Gasteiger partial charge < -0.3 is 5.32 Å². The second-order valence-electron chi connectivity index (χ2n) is 3.78. The third kappa shape index (κ3) is 1.89. The Morgan fingerprint density at radius 3 is 3.00 bits per heavy atom. The fourth-order valence-electron chi connectivity index (χ4n) is 2.16. The molecule has 2 nitrogen and oxygen atoms in total. The second kappa shape index (κ2) is 3.88. The van der Waals surface area contributed by atoms with Gasteiger partial charge in [-0.15, -0.1) is 0 Å².